The Balaban J connectivity index is 0.830. The maximum atomic E-state index is 17.7. The Morgan fingerprint density at radius 2 is 1.22 bits per heavy atom. The number of ether oxygens (including phenoxy) is 2. The van der Waals surface area contributed by atoms with Crippen LogP contribution in [-0.4, -0.2) is 176 Å². The number of nitrogens with zero attached hydrogens (tertiary/aromatic N) is 12. The molecular weight excluding hydrogens is 1200 g/mol. The van der Waals surface area contributed by atoms with Gasteiger partial charge in [-0.15, -0.1) is 10.2 Å². The van der Waals surface area contributed by atoms with Gasteiger partial charge in [0.25, 0.3) is 11.8 Å². The summed E-state index contributed by atoms with van der Waals surface area (Å²) in [6.45, 7) is 5.98. The Bertz CT molecular complexity index is 4600. The third-order valence-corrected chi connectivity index (χ3v) is 18.5. The number of hydrogen-bond acceptors (Lipinski definition) is 13. The van der Waals surface area contributed by atoms with Crippen LogP contribution in [-0.2, 0) is 35.6 Å². The molecule has 22 nitrogen and oxygen atoms in total. The highest BCUT2D eigenvalue weighted by atomic mass is 19.1. The predicted octanol–water partition coefficient (Wildman–Crippen LogP) is 9.22. The molecule has 0 spiro atoms. The molecule has 24 heteroatoms. The molecule has 1 saturated heterocycles. The summed E-state index contributed by atoms with van der Waals surface area (Å²) in [6.07, 6.45) is 11.2. The summed E-state index contributed by atoms with van der Waals surface area (Å²) in [6, 6.07) is 27.5. The van der Waals surface area contributed by atoms with Crippen molar-refractivity contribution in [2.24, 2.45) is 0 Å². The van der Waals surface area contributed by atoms with Crippen LogP contribution in [0.3, 0.4) is 0 Å². The average Bonchev–Trinajstić information content (AvgIpc) is 1.52. The second-order valence-electron chi connectivity index (χ2n) is 24.1. The zero-order valence-electron chi connectivity index (χ0n) is 52.2. The molecule has 0 aliphatic carbocycles. The van der Waals surface area contributed by atoms with E-state index in [4.69, 9.17) is 9.47 Å². The summed E-state index contributed by atoms with van der Waals surface area (Å²) in [4.78, 5) is 78.6. The van der Waals surface area contributed by atoms with Crippen molar-refractivity contribution in [1.82, 2.24) is 74.4 Å². The zero-order chi connectivity index (χ0) is 64.7. The van der Waals surface area contributed by atoms with Gasteiger partial charge in [0, 0.05) is 135 Å². The van der Waals surface area contributed by atoms with E-state index in [9.17, 15) is 24.3 Å². The number of amides is 4. The van der Waals surface area contributed by atoms with Gasteiger partial charge in [-0.25, -0.2) is 13.8 Å². The lowest BCUT2D eigenvalue weighted by Gasteiger charge is -2.37. The number of piperazine rings is 1. The summed E-state index contributed by atoms with van der Waals surface area (Å²) >= 11 is 0. The van der Waals surface area contributed by atoms with Gasteiger partial charge in [0.2, 0.25) is 11.8 Å². The molecule has 5 aromatic heterocycles. The molecule has 0 saturated carbocycles. The average molecular weight is 1270 g/mol. The number of nitrogens with one attached hydrogen (secondary N) is 3. The molecule has 10 aromatic rings. The maximum absolute atomic E-state index is 17.7. The van der Waals surface area contributed by atoms with Crippen LogP contribution in [0.1, 0.15) is 86.8 Å². The van der Waals surface area contributed by atoms with E-state index in [1.807, 2.05) is 78.6 Å². The highest BCUT2D eigenvalue weighted by Crippen LogP contribution is 2.47. The van der Waals surface area contributed by atoms with Crippen LogP contribution in [0.25, 0.3) is 66.3 Å². The minimum Gasteiger partial charge on any atom is -0.496 e. The molecule has 5 aromatic carbocycles. The van der Waals surface area contributed by atoms with Crippen molar-refractivity contribution in [1.29, 1.82) is 0 Å². The van der Waals surface area contributed by atoms with Crippen LogP contribution in [0.5, 0.6) is 11.5 Å². The Morgan fingerprint density at radius 1 is 0.596 bits per heavy atom. The fourth-order valence-electron chi connectivity index (χ4n) is 13.6. The number of hydrogen-bond donors (Lipinski definition) is 4. The Kier molecular flexibility index (Phi) is 16.7. The number of carbonyl (C=O) groups excluding carboxylic acids is 4. The zero-order valence-corrected chi connectivity index (χ0v) is 52.2. The van der Waals surface area contributed by atoms with Crippen molar-refractivity contribution in [3.8, 4) is 44.9 Å². The van der Waals surface area contributed by atoms with Gasteiger partial charge < -0.3 is 49.1 Å². The van der Waals surface area contributed by atoms with Gasteiger partial charge in [-0.05, 0) is 90.1 Å². The van der Waals surface area contributed by atoms with E-state index in [0.29, 0.717) is 163 Å². The molecule has 14 rings (SSSR count). The second-order valence-corrected chi connectivity index (χ2v) is 24.1. The van der Waals surface area contributed by atoms with Crippen LogP contribution in [0.2, 0.25) is 0 Å². The summed E-state index contributed by atoms with van der Waals surface area (Å²) in [5.74, 6) is -0.0926. The first-order chi connectivity index (χ1) is 45.8. The number of aryl methyl sites for hydroxylation is 3. The second kappa shape index (κ2) is 25.8. The number of halogens is 2. The van der Waals surface area contributed by atoms with Gasteiger partial charge in [-0.3, -0.25) is 33.4 Å². The minimum absolute atomic E-state index is 0.0903. The molecule has 1 atom stereocenters. The highest BCUT2D eigenvalue weighted by Gasteiger charge is 2.33. The molecule has 4 amide bonds. The van der Waals surface area contributed by atoms with Gasteiger partial charge in [0.1, 0.15) is 29.2 Å². The number of para-hydroxylation sites is 1. The van der Waals surface area contributed by atoms with Gasteiger partial charge >= 0.3 is 0 Å². The smallest absolute Gasteiger partial charge is 0.270 e. The first-order valence-electron chi connectivity index (χ1n) is 31.6. The lowest BCUT2D eigenvalue weighted by Crippen LogP contribution is -2.49. The number of aliphatic hydroxyl groups excluding tert-OH is 1. The first kappa shape index (κ1) is 60.9. The number of aliphatic hydroxyl groups is 1. The highest BCUT2D eigenvalue weighted by molar-refractivity contribution is 6.07. The number of rotatable bonds is 17. The summed E-state index contributed by atoms with van der Waals surface area (Å²) < 4.78 is 51.2. The van der Waals surface area contributed by atoms with Gasteiger partial charge in [0.15, 0.2) is 11.6 Å². The largest absolute Gasteiger partial charge is 0.496 e. The van der Waals surface area contributed by atoms with Crippen molar-refractivity contribution < 1.29 is 42.5 Å². The van der Waals surface area contributed by atoms with Crippen molar-refractivity contribution in [2.75, 3.05) is 73.1 Å². The number of carbonyl (C=O) groups is 4. The number of aromatic amines is 3. The molecule has 9 heterocycles. The molecular formula is C70H69F2N15O7. The van der Waals surface area contributed by atoms with E-state index in [1.165, 1.54) is 0 Å². The number of H-pyrrole nitrogens is 3. The fraction of sp³-hybridized carbons (Fsp3) is 0.300. The monoisotopic (exact) mass is 1270 g/mol. The van der Waals surface area contributed by atoms with E-state index >= 15 is 8.78 Å². The first-order valence-corrected chi connectivity index (χ1v) is 31.6. The van der Waals surface area contributed by atoms with Crippen molar-refractivity contribution in [3.63, 3.8) is 0 Å². The van der Waals surface area contributed by atoms with Crippen molar-refractivity contribution in [3.05, 3.63) is 185 Å². The van der Waals surface area contributed by atoms with E-state index in [-0.39, 0.29) is 77.4 Å². The molecule has 4 N–H and O–H groups in total. The predicted molar refractivity (Wildman–Crippen MR) is 348 cm³/mol. The molecule has 4 aliphatic heterocycles. The molecule has 1 unspecified atom stereocenters. The van der Waals surface area contributed by atoms with Crippen LogP contribution in [0.4, 0.5) is 8.78 Å². The number of imidazole rings is 1. The van der Waals surface area contributed by atoms with E-state index in [1.54, 1.807) is 104 Å². The number of aromatic nitrogens is 10. The van der Waals surface area contributed by atoms with Gasteiger partial charge in [-0.1, -0.05) is 71.1 Å². The molecule has 1 fully saturated rings. The molecule has 0 bridgehead atoms. The van der Waals surface area contributed by atoms with Crippen LogP contribution < -0.4 is 9.47 Å². The molecule has 0 radical (unpaired) electrons. The third kappa shape index (κ3) is 11.8. The maximum Gasteiger partial charge on any atom is 0.270 e. The quantitative estimate of drug-likeness (QED) is 0.0665. The summed E-state index contributed by atoms with van der Waals surface area (Å²) in [7, 11) is 3.13. The number of benzene rings is 5. The van der Waals surface area contributed by atoms with Crippen LogP contribution >= 0.6 is 0 Å². The number of fused-ring (bicyclic) bond motifs is 3. The van der Waals surface area contributed by atoms with Crippen molar-refractivity contribution in [2.45, 2.75) is 64.9 Å². The van der Waals surface area contributed by atoms with Gasteiger partial charge in [0.05, 0.1) is 74.4 Å². The molecule has 4 aliphatic rings. The van der Waals surface area contributed by atoms with E-state index < -0.39 is 17.9 Å². The third-order valence-electron chi connectivity index (χ3n) is 18.5. The van der Waals surface area contributed by atoms with Crippen LogP contribution in [0, 0.1) is 18.6 Å². The Morgan fingerprint density at radius 3 is 1.85 bits per heavy atom. The van der Waals surface area contributed by atoms with Crippen LogP contribution in [0.15, 0.2) is 128 Å². The number of methoxy groups -OCH3 is 2. The standard InChI is InChI=1S/C70H69F2N15O7/c1-42-75-56-18-25-85(41-59(56)76-42)70(92)58-38-55-53(36-51(64(72)66(55)78-58)46-13-9-24-84(40-46)62(89)20-27-87-29-22-74-80-87)49-15-7-14-47(67(49)94-3)44-16-17-48(60(34-44)93-2)52-35-50(45-12-8-23-83(39-45)61(88)19-26-86-28-21-73-79-86)63(71)65-54(52)37-57(77-65)69(91)82-32-30-81(31-33-82)68(90)43-10-5-4-6-11-43/h4-7,10-17,21-22,28-29,34-38,69,77-78,91H,8-9,18-20,23-27,30-33,39-41H2,1-3H3,(H,75,76). The van der Waals surface area contributed by atoms with E-state index in [2.05, 4.69) is 40.6 Å². The topological polar surface area (TPSA) is 245 Å². The normalized spacial score (nSPS) is 15.7. The minimum atomic E-state index is -1.19. The Labute approximate surface area is 539 Å². The lowest BCUT2D eigenvalue weighted by atomic mass is 9.90. The van der Waals surface area contributed by atoms with Crippen molar-refractivity contribution >= 4 is 56.6 Å². The summed E-state index contributed by atoms with van der Waals surface area (Å²) in [5, 5.41) is 28.8. The summed E-state index contributed by atoms with van der Waals surface area (Å²) in [5.41, 5.74) is 8.66. The van der Waals surface area contributed by atoms with Gasteiger partial charge in [-0.2, -0.15) is 0 Å². The molecule has 94 heavy (non-hydrogen) atoms. The van der Waals surface area contributed by atoms with E-state index in [0.717, 1.165) is 17.2 Å². The molecule has 480 valence electrons. The fourth-order valence-corrected chi connectivity index (χ4v) is 13.6. The lowest BCUT2D eigenvalue weighted by molar-refractivity contribution is -0.131. The SMILES string of the molecule is COc1cc(-c2cccc(-c3cc(C4=CCCN(C(=O)CCn5ccnn5)C4)c(F)c4[nH]c(C(=O)N5CCc6nc(C)[nH]c6C5)cc34)c2OC)ccc1-c1cc(C2=CCCN(C(=O)CCn3ccnn3)C2)c(F)c2[nH]c(C(O)N3CCN(C(=O)c4ccccc4)CC3)cc12. The Hall–Kier alpha value is -10.6.